The molecule has 1 N–H and O–H groups in total. The van der Waals surface area contributed by atoms with Crippen molar-refractivity contribution in [1.29, 1.82) is 0 Å². The largest absolute Gasteiger partial charge is 0.284 e. The van der Waals surface area contributed by atoms with E-state index in [1.165, 1.54) is 10.6 Å². The van der Waals surface area contributed by atoms with E-state index >= 15 is 0 Å². The Labute approximate surface area is 159 Å². The molecule has 0 aliphatic carbocycles. The van der Waals surface area contributed by atoms with Crippen LogP contribution >= 0.6 is 0 Å². The van der Waals surface area contributed by atoms with Gasteiger partial charge in [0.25, 0.3) is 0 Å². The molecular weight excluding hydrogens is 362 g/mol. The van der Waals surface area contributed by atoms with Gasteiger partial charge in [0, 0.05) is 12.1 Å². The maximum absolute atomic E-state index is 12.6. The van der Waals surface area contributed by atoms with E-state index in [-0.39, 0.29) is 5.91 Å². The Morgan fingerprint density at radius 2 is 1.85 bits per heavy atom. The second-order valence-corrected chi connectivity index (χ2v) is 8.62. The van der Waals surface area contributed by atoms with Gasteiger partial charge in [-0.3, -0.25) is 9.52 Å². The SMILES string of the molecule is Cc1ccc(CC(=O)N2CCC(c3ccc(NS(C)(=O)=O)cc3)=N2)c(C)c1. The van der Waals surface area contributed by atoms with Gasteiger partial charge in [0.05, 0.1) is 24.9 Å². The number of carbonyl (C=O) groups excluding carboxylic acids is 1. The summed E-state index contributed by atoms with van der Waals surface area (Å²) in [6.07, 6.45) is 2.12. The highest BCUT2D eigenvalue weighted by atomic mass is 32.2. The standard InChI is InChI=1S/C20H23N3O3S/c1-14-4-5-17(15(2)12-14)13-20(24)23-11-10-19(21-23)16-6-8-18(9-7-16)22-27(3,25)26/h4-9,12,22H,10-11,13H2,1-3H3. The molecule has 2 aromatic rings. The summed E-state index contributed by atoms with van der Waals surface area (Å²) >= 11 is 0. The molecule has 0 radical (unpaired) electrons. The number of hydrazone groups is 1. The molecule has 27 heavy (non-hydrogen) atoms. The number of nitrogens with one attached hydrogen (secondary N) is 1. The van der Waals surface area contributed by atoms with Crippen LogP contribution in [0.3, 0.4) is 0 Å². The Balaban J connectivity index is 1.69. The van der Waals surface area contributed by atoms with Crippen LogP contribution < -0.4 is 4.72 Å². The molecule has 0 spiro atoms. The summed E-state index contributed by atoms with van der Waals surface area (Å²) < 4.78 is 25.0. The third-order valence-electron chi connectivity index (χ3n) is 4.45. The number of benzene rings is 2. The maximum atomic E-state index is 12.6. The van der Waals surface area contributed by atoms with Gasteiger partial charge in [0.2, 0.25) is 15.9 Å². The first kappa shape index (κ1) is 19.1. The minimum atomic E-state index is -3.30. The number of aryl methyl sites for hydroxylation is 2. The first-order valence-corrected chi connectivity index (χ1v) is 10.6. The Hall–Kier alpha value is -2.67. The highest BCUT2D eigenvalue weighted by Crippen LogP contribution is 2.19. The fourth-order valence-electron chi connectivity index (χ4n) is 3.08. The number of nitrogens with zero attached hydrogens (tertiary/aromatic N) is 2. The molecule has 1 amide bonds. The van der Waals surface area contributed by atoms with Crippen LogP contribution in [0.15, 0.2) is 47.6 Å². The van der Waals surface area contributed by atoms with Crippen LogP contribution in [0, 0.1) is 13.8 Å². The zero-order chi connectivity index (χ0) is 19.6. The molecule has 1 aliphatic rings. The molecule has 6 nitrogen and oxygen atoms in total. The molecule has 1 heterocycles. The van der Waals surface area contributed by atoms with Crippen molar-refractivity contribution in [3.8, 4) is 0 Å². The Morgan fingerprint density at radius 3 is 2.48 bits per heavy atom. The summed E-state index contributed by atoms with van der Waals surface area (Å²) in [5.41, 5.74) is 5.53. The smallest absolute Gasteiger partial charge is 0.247 e. The van der Waals surface area contributed by atoms with Gasteiger partial charge in [0.15, 0.2) is 0 Å². The van der Waals surface area contributed by atoms with Gasteiger partial charge in [-0.15, -0.1) is 0 Å². The molecule has 142 valence electrons. The van der Waals surface area contributed by atoms with Gasteiger partial charge >= 0.3 is 0 Å². The number of rotatable bonds is 5. The van der Waals surface area contributed by atoms with E-state index in [0.717, 1.165) is 28.7 Å². The van der Waals surface area contributed by atoms with Crippen molar-refractivity contribution in [3.63, 3.8) is 0 Å². The molecule has 0 fully saturated rings. The third-order valence-corrected chi connectivity index (χ3v) is 5.06. The predicted molar refractivity (Wildman–Crippen MR) is 107 cm³/mol. The summed E-state index contributed by atoms with van der Waals surface area (Å²) in [6.45, 7) is 4.61. The van der Waals surface area contributed by atoms with E-state index < -0.39 is 10.0 Å². The van der Waals surface area contributed by atoms with E-state index in [2.05, 4.69) is 15.9 Å². The van der Waals surface area contributed by atoms with Crippen molar-refractivity contribution >= 4 is 27.3 Å². The van der Waals surface area contributed by atoms with Gasteiger partial charge in [-0.25, -0.2) is 13.4 Å². The van der Waals surface area contributed by atoms with Crippen molar-refractivity contribution in [2.75, 3.05) is 17.5 Å². The third kappa shape index (κ3) is 4.95. The lowest BCUT2D eigenvalue weighted by molar-refractivity contribution is -0.130. The lowest BCUT2D eigenvalue weighted by Gasteiger charge is -2.13. The molecule has 0 aromatic heterocycles. The van der Waals surface area contributed by atoms with Gasteiger partial charge in [-0.05, 0) is 42.7 Å². The Morgan fingerprint density at radius 1 is 1.15 bits per heavy atom. The number of carbonyl (C=O) groups is 1. The maximum Gasteiger partial charge on any atom is 0.247 e. The van der Waals surface area contributed by atoms with Crippen LogP contribution in [-0.2, 0) is 21.2 Å². The van der Waals surface area contributed by atoms with Crippen LogP contribution in [0.4, 0.5) is 5.69 Å². The quantitative estimate of drug-likeness (QED) is 0.860. The molecule has 3 rings (SSSR count). The second kappa shape index (κ2) is 7.52. The van der Waals surface area contributed by atoms with E-state index in [1.807, 2.05) is 38.1 Å². The van der Waals surface area contributed by atoms with Crippen LogP contribution in [0.5, 0.6) is 0 Å². The molecule has 2 aromatic carbocycles. The molecule has 0 saturated heterocycles. The molecule has 0 saturated carbocycles. The molecule has 7 heteroatoms. The molecule has 0 unspecified atom stereocenters. The minimum absolute atomic E-state index is 0.0210. The van der Waals surface area contributed by atoms with Gasteiger partial charge in [0.1, 0.15) is 0 Å². The monoisotopic (exact) mass is 385 g/mol. The highest BCUT2D eigenvalue weighted by molar-refractivity contribution is 7.92. The minimum Gasteiger partial charge on any atom is -0.284 e. The first-order valence-electron chi connectivity index (χ1n) is 8.73. The van der Waals surface area contributed by atoms with Gasteiger partial charge in [-0.2, -0.15) is 5.10 Å². The van der Waals surface area contributed by atoms with Crippen LogP contribution in [0.2, 0.25) is 0 Å². The van der Waals surface area contributed by atoms with Crippen LogP contribution in [-0.4, -0.2) is 37.8 Å². The van der Waals surface area contributed by atoms with Crippen molar-refractivity contribution in [2.45, 2.75) is 26.7 Å². The fourth-order valence-corrected chi connectivity index (χ4v) is 3.65. The second-order valence-electron chi connectivity index (χ2n) is 6.87. The number of hydrogen-bond donors (Lipinski definition) is 1. The molecule has 0 bridgehead atoms. The van der Waals surface area contributed by atoms with E-state index in [4.69, 9.17) is 0 Å². The zero-order valence-corrected chi connectivity index (χ0v) is 16.5. The molecule has 0 atom stereocenters. The topological polar surface area (TPSA) is 78.8 Å². The normalized spacial score (nSPS) is 14.2. The molecular formula is C20H23N3O3S. The first-order chi connectivity index (χ1) is 12.7. The summed E-state index contributed by atoms with van der Waals surface area (Å²) in [5.74, 6) is -0.0210. The van der Waals surface area contributed by atoms with E-state index in [1.54, 1.807) is 12.1 Å². The van der Waals surface area contributed by atoms with E-state index in [9.17, 15) is 13.2 Å². The summed E-state index contributed by atoms with van der Waals surface area (Å²) in [4.78, 5) is 12.6. The average Bonchev–Trinajstić information content (AvgIpc) is 3.07. The number of sulfonamides is 1. The van der Waals surface area contributed by atoms with Crippen LogP contribution in [0.1, 0.15) is 28.7 Å². The van der Waals surface area contributed by atoms with Crippen molar-refractivity contribution in [3.05, 3.63) is 64.7 Å². The van der Waals surface area contributed by atoms with Crippen LogP contribution in [0.25, 0.3) is 0 Å². The lowest BCUT2D eigenvalue weighted by atomic mass is 10.0. The lowest BCUT2D eigenvalue weighted by Crippen LogP contribution is -2.25. The highest BCUT2D eigenvalue weighted by Gasteiger charge is 2.22. The van der Waals surface area contributed by atoms with Crippen molar-refractivity contribution in [2.24, 2.45) is 5.10 Å². The Bertz CT molecular complexity index is 996. The van der Waals surface area contributed by atoms with E-state index in [0.29, 0.717) is 25.1 Å². The number of amides is 1. The average molecular weight is 385 g/mol. The predicted octanol–water partition coefficient (Wildman–Crippen LogP) is 2.85. The number of anilines is 1. The summed E-state index contributed by atoms with van der Waals surface area (Å²) in [7, 11) is -3.30. The summed E-state index contributed by atoms with van der Waals surface area (Å²) in [6, 6.07) is 13.1. The van der Waals surface area contributed by atoms with Crippen molar-refractivity contribution in [1.82, 2.24) is 5.01 Å². The molecule has 1 aliphatic heterocycles. The Kier molecular flexibility index (Phi) is 5.32. The van der Waals surface area contributed by atoms with Gasteiger partial charge in [-0.1, -0.05) is 35.9 Å². The zero-order valence-electron chi connectivity index (χ0n) is 15.7. The number of hydrogen-bond acceptors (Lipinski definition) is 4. The van der Waals surface area contributed by atoms with Gasteiger partial charge < -0.3 is 0 Å². The summed E-state index contributed by atoms with van der Waals surface area (Å²) in [5, 5.41) is 5.99. The van der Waals surface area contributed by atoms with Crippen molar-refractivity contribution < 1.29 is 13.2 Å². The fraction of sp³-hybridized carbons (Fsp3) is 0.300.